The lowest BCUT2D eigenvalue weighted by molar-refractivity contribution is -0.139. The van der Waals surface area contributed by atoms with Crippen LogP contribution < -0.4 is 19.6 Å². The van der Waals surface area contributed by atoms with Crippen LogP contribution in [0.3, 0.4) is 0 Å². The van der Waals surface area contributed by atoms with E-state index in [9.17, 15) is 9.59 Å². The van der Waals surface area contributed by atoms with E-state index in [1.165, 1.54) is 11.3 Å². The van der Waals surface area contributed by atoms with Gasteiger partial charge in [-0.15, -0.1) is 0 Å². The molecule has 1 aliphatic rings. The number of thiazole rings is 1. The van der Waals surface area contributed by atoms with Crippen LogP contribution in [0.1, 0.15) is 36.6 Å². The van der Waals surface area contributed by atoms with E-state index in [4.69, 9.17) is 32.7 Å². The Balaban J connectivity index is 1.53. The molecule has 4 aromatic rings. The first-order valence-electron chi connectivity index (χ1n) is 12.3. The number of rotatable bonds is 7. The van der Waals surface area contributed by atoms with Gasteiger partial charge in [-0.2, -0.15) is 0 Å². The van der Waals surface area contributed by atoms with Crippen molar-refractivity contribution in [3.05, 3.63) is 130 Å². The zero-order chi connectivity index (χ0) is 27.5. The number of carbonyl (C=O) groups is 1. The molecule has 9 heteroatoms. The predicted octanol–water partition coefficient (Wildman–Crippen LogP) is 5.68. The van der Waals surface area contributed by atoms with Crippen molar-refractivity contribution in [2.45, 2.75) is 26.5 Å². The van der Waals surface area contributed by atoms with Gasteiger partial charge in [0, 0.05) is 10.0 Å². The molecule has 0 saturated carbocycles. The summed E-state index contributed by atoms with van der Waals surface area (Å²) in [6.45, 7) is 4.10. The summed E-state index contributed by atoms with van der Waals surface area (Å²) < 4.78 is 13.3. The minimum absolute atomic E-state index is 0.212. The standard InChI is InChI=1S/C30H24Cl2N2O4S/c1-3-37-29(36)26-18(2)33-30-34(27(26)21-9-13-23(32)14-10-21)28(35)25(39-30)16-20-5-4-6-24(15-20)38-17-19-7-11-22(31)12-8-19/h4-16,27H,3,17H2,1-2H3/b25-16-/t27-/m0/s1. The fourth-order valence-electron chi connectivity index (χ4n) is 4.34. The second kappa shape index (κ2) is 11.6. The van der Waals surface area contributed by atoms with Gasteiger partial charge < -0.3 is 9.47 Å². The molecule has 0 fully saturated rings. The normalized spacial score (nSPS) is 15.1. The molecule has 1 aliphatic heterocycles. The highest BCUT2D eigenvalue weighted by Crippen LogP contribution is 2.31. The first-order valence-corrected chi connectivity index (χ1v) is 13.8. The molecule has 198 valence electrons. The third-order valence-electron chi connectivity index (χ3n) is 6.18. The maximum absolute atomic E-state index is 13.8. The number of halogens is 2. The second-order valence-corrected chi connectivity index (χ2v) is 10.7. The molecule has 0 bridgehead atoms. The lowest BCUT2D eigenvalue weighted by atomic mass is 9.96. The quantitative estimate of drug-likeness (QED) is 0.264. The molecule has 0 amide bonds. The molecule has 0 radical (unpaired) electrons. The van der Waals surface area contributed by atoms with Crippen molar-refractivity contribution >= 4 is 46.6 Å². The lowest BCUT2D eigenvalue weighted by Gasteiger charge is -2.24. The number of nitrogens with zero attached hydrogens (tertiary/aromatic N) is 2. The summed E-state index contributed by atoms with van der Waals surface area (Å²) in [5.41, 5.74) is 3.13. The van der Waals surface area contributed by atoms with Crippen LogP contribution >= 0.6 is 34.5 Å². The molecule has 5 rings (SSSR count). The van der Waals surface area contributed by atoms with E-state index >= 15 is 0 Å². The van der Waals surface area contributed by atoms with Crippen LogP contribution in [0, 0.1) is 0 Å². The van der Waals surface area contributed by atoms with Crippen molar-refractivity contribution in [3.8, 4) is 5.75 Å². The number of allylic oxidation sites excluding steroid dienone is 1. The van der Waals surface area contributed by atoms with Gasteiger partial charge in [0.1, 0.15) is 12.4 Å². The third-order valence-corrected chi connectivity index (χ3v) is 7.66. The number of carbonyl (C=O) groups excluding carboxylic acids is 1. The Kier molecular flexibility index (Phi) is 8.02. The van der Waals surface area contributed by atoms with Gasteiger partial charge in [-0.3, -0.25) is 9.36 Å². The molecule has 0 N–H and O–H groups in total. The Hall–Kier alpha value is -3.65. The minimum atomic E-state index is -0.686. The number of fused-ring (bicyclic) bond motifs is 1. The summed E-state index contributed by atoms with van der Waals surface area (Å²) in [6.07, 6.45) is 1.81. The first kappa shape index (κ1) is 26.9. The molecular formula is C30H24Cl2N2O4S. The van der Waals surface area contributed by atoms with Gasteiger partial charge in [-0.1, -0.05) is 70.9 Å². The molecule has 0 unspecified atom stereocenters. The molecule has 2 heterocycles. The molecule has 0 aliphatic carbocycles. The highest BCUT2D eigenvalue weighted by molar-refractivity contribution is 7.07. The molecule has 1 atom stereocenters. The maximum atomic E-state index is 13.8. The SMILES string of the molecule is CCOC(=O)C1=C(C)N=c2s/c(=C\c3cccc(OCc4ccc(Cl)cc4)c3)c(=O)n2[C@H]1c1ccc(Cl)cc1. The largest absolute Gasteiger partial charge is 0.489 e. The van der Waals surface area contributed by atoms with Gasteiger partial charge in [-0.05, 0) is 73.0 Å². The predicted molar refractivity (Wildman–Crippen MR) is 154 cm³/mol. The van der Waals surface area contributed by atoms with E-state index in [1.54, 1.807) is 36.6 Å². The number of aromatic nitrogens is 1. The summed E-state index contributed by atoms with van der Waals surface area (Å²) in [5.74, 6) is 0.171. The van der Waals surface area contributed by atoms with Crippen molar-refractivity contribution in [2.24, 2.45) is 4.99 Å². The average molecular weight is 580 g/mol. The number of hydrogen-bond acceptors (Lipinski definition) is 6. The average Bonchev–Trinajstić information content (AvgIpc) is 3.22. The van der Waals surface area contributed by atoms with Crippen LogP contribution in [0.2, 0.25) is 10.0 Å². The van der Waals surface area contributed by atoms with Crippen LogP contribution in [-0.2, 0) is 16.1 Å². The minimum Gasteiger partial charge on any atom is -0.489 e. The molecule has 0 saturated heterocycles. The van der Waals surface area contributed by atoms with E-state index in [0.717, 1.165) is 16.7 Å². The molecule has 1 aromatic heterocycles. The zero-order valence-corrected chi connectivity index (χ0v) is 23.5. The molecule has 3 aromatic carbocycles. The number of ether oxygens (including phenoxy) is 2. The molecule has 6 nitrogen and oxygen atoms in total. The van der Waals surface area contributed by atoms with E-state index < -0.39 is 12.0 Å². The van der Waals surface area contributed by atoms with Crippen molar-refractivity contribution < 1.29 is 14.3 Å². The molecule has 0 spiro atoms. The summed E-state index contributed by atoms with van der Waals surface area (Å²) in [6, 6.07) is 21.4. The Morgan fingerprint density at radius 2 is 1.74 bits per heavy atom. The fourth-order valence-corrected chi connectivity index (χ4v) is 5.64. The van der Waals surface area contributed by atoms with Crippen LogP contribution in [0.5, 0.6) is 5.75 Å². The van der Waals surface area contributed by atoms with Crippen molar-refractivity contribution in [2.75, 3.05) is 6.61 Å². The number of benzene rings is 3. The first-order chi connectivity index (χ1) is 18.8. The van der Waals surface area contributed by atoms with Crippen molar-refractivity contribution in [1.29, 1.82) is 0 Å². The Morgan fingerprint density at radius 1 is 1.05 bits per heavy atom. The molecule has 39 heavy (non-hydrogen) atoms. The van der Waals surface area contributed by atoms with Crippen molar-refractivity contribution in [1.82, 2.24) is 4.57 Å². The number of esters is 1. The fraction of sp³-hybridized carbons (Fsp3) is 0.167. The topological polar surface area (TPSA) is 69.9 Å². The Labute approximate surface area is 239 Å². The van der Waals surface area contributed by atoms with Crippen LogP contribution in [0.25, 0.3) is 6.08 Å². The van der Waals surface area contributed by atoms with Gasteiger partial charge >= 0.3 is 5.97 Å². The Morgan fingerprint density at radius 3 is 2.44 bits per heavy atom. The number of hydrogen-bond donors (Lipinski definition) is 0. The second-order valence-electron chi connectivity index (χ2n) is 8.84. The van der Waals surface area contributed by atoms with E-state index in [-0.39, 0.29) is 12.2 Å². The smallest absolute Gasteiger partial charge is 0.338 e. The third kappa shape index (κ3) is 5.86. The van der Waals surface area contributed by atoms with Crippen LogP contribution in [0.4, 0.5) is 0 Å². The van der Waals surface area contributed by atoms with Gasteiger partial charge in [0.2, 0.25) is 0 Å². The highest BCUT2D eigenvalue weighted by Gasteiger charge is 2.33. The van der Waals surface area contributed by atoms with Gasteiger partial charge in [0.05, 0.1) is 28.5 Å². The van der Waals surface area contributed by atoms with Gasteiger partial charge in [-0.25, -0.2) is 9.79 Å². The monoisotopic (exact) mass is 578 g/mol. The lowest BCUT2D eigenvalue weighted by Crippen LogP contribution is -2.39. The summed E-state index contributed by atoms with van der Waals surface area (Å²) >= 11 is 13.4. The summed E-state index contributed by atoms with van der Waals surface area (Å²) in [7, 11) is 0. The maximum Gasteiger partial charge on any atom is 0.338 e. The summed E-state index contributed by atoms with van der Waals surface area (Å²) in [4.78, 5) is 31.9. The highest BCUT2D eigenvalue weighted by atomic mass is 35.5. The van der Waals surface area contributed by atoms with Crippen LogP contribution in [-0.4, -0.2) is 17.1 Å². The van der Waals surface area contributed by atoms with E-state index in [2.05, 4.69) is 4.99 Å². The summed E-state index contributed by atoms with van der Waals surface area (Å²) in [5, 5.41) is 1.23. The zero-order valence-electron chi connectivity index (χ0n) is 21.2. The van der Waals surface area contributed by atoms with Crippen molar-refractivity contribution in [3.63, 3.8) is 0 Å². The Bertz CT molecular complexity index is 1740. The van der Waals surface area contributed by atoms with E-state index in [0.29, 0.717) is 43.0 Å². The van der Waals surface area contributed by atoms with E-state index in [1.807, 2.05) is 60.7 Å². The molecular weight excluding hydrogens is 555 g/mol. The van der Waals surface area contributed by atoms with Gasteiger partial charge in [0.15, 0.2) is 4.80 Å². The van der Waals surface area contributed by atoms with Crippen LogP contribution in [0.15, 0.2) is 93.9 Å². The van der Waals surface area contributed by atoms with Gasteiger partial charge in [0.25, 0.3) is 5.56 Å².